The first-order chi connectivity index (χ1) is 19.0. The number of rotatable bonds is 10. The van der Waals surface area contributed by atoms with E-state index in [2.05, 4.69) is 60.4 Å². The molecule has 4 N–H and O–H groups in total. The van der Waals surface area contributed by atoms with Crippen molar-refractivity contribution in [2.24, 2.45) is 23.2 Å². The molecule has 4 fully saturated rings. The molecule has 40 heavy (non-hydrogen) atoms. The number of likely N-dealkylation sites (tertiary alicyclic amines) is 2. The van der Waals surface area contributed by atoms with Crippen molar-refractivity contribution < 1.29 is 22.7 Å². The van der Waals surface area contributed by atoms with E-state index in [9.17, 15) is 22.7 Å². The summed E-state index contributed by atoms with van der Waals surface area (Å²) in [4.78, 5) is 4.30. The maximum absolute atomic E-state index is 14.8. The average Bonchev–Trinajstić information content (AvgIpc) is 2.91. The highest BCUT2D eigenvalue weighted by molar-refractivity contribution is 5.12. The second-order valence-electron chi connectivity index (χ2n) is 12.8. The topological polar surface area (TPSA) is 62.8 Å². The minimum Gasteiger partial charge on any atom is -0.378 e. The van der Waals surface area contributed by atoms with Crippen LogP contribution in [0.15, 0.2) is 24.8 Å². The molecule has 4 saturated heterocycles. The molecule has 10 heteroatoms. The zero-order chi connectivity index (χ0) is 29.1. The summed E-state index contributed by atoms with van der Waals surface area (Å²) in [6.07, 6.45) is 3.99. The van der Waals surface area contributed by atoms with Crippen LogP contribution >= 0.6 is 0 Å². The lowest BCUT2D eigenvalue weighted by atomic mass is 9.73. The first-order valence-electron chi connectivity index (χ1n) is 15.4. The normalized spacial score (nSPS) is 36.3. The van der Waals surface area contributed by atoms with Gasteiger partial charge in [-0.2, -0.15) is 13.2 Å². The molecule has 230 valence electrons. The van der Waals surface area contributed by atoms with E-state index in [1.54, 1.807) is 4.90 Å². The third-order valence-corrected chi connectivity index (χ3v) is 10.3. The Hall–Kier alpha value is -1.04. The summed E-state index contributed by atoms with van der Waals surface area (Å²) in [5.74, 6) is -0.0470. The van der Waals surface area contributed by atoms with Gasteiger partial charge in [0.2, 0.25) is 0 Å². The molecule has 0 aromatic heterocycles. The molecule has 0 aromatic carbocycles. The zero-order valence-electron chi connectivity index (χ0n) is 24.5. The summed E-state index contributed by atoms with van der Waals surface area (Å²) in [6.45, 7) is 14.8. The second kappa shape index (κ2) is 13.5. The quantitative estimate of drug-likeness (QED) is 0.234. The van der Waals surface area contributed by atoms with Crippen molar-refractivity contribution >= 4 is 0 Å². The Morgan fingerprint density at radius 1 is 1.12 bits per heavy atom. The number of hydrogen-bond donors (Lipinski definition) is 4. The molecule has 0 aliphatic carbocycles. The van der Waals surface area contributed by atoms with Gasteiger partial charge in [0.05, 0.1) is 0 Å². The van der Waals surface area contributed by atoms with Crippen molar-refractivity contribution in [1.82, 2.24) is 25.8 Å². The molecule has 4 aliphatic heterocycles. The predicted octanol–water partition coefficient (Wildman–Crippen LogP) is 4.04. The Morgan fingerprint density at radius 3 is 2.45 bits per heavy atom. The van der Waals surface area contributed by atoms with E-state index in [4.69, 9.17) is 0 Å². The van der Waals surface area contributed by atoms with Gasteiger partial charge in [-0.25, -0.2) is 4.39 Å². The number of nitrogens with zero attached hydrogens (tertiary/aromatic N) is 2. The Bertz CT molecular complexity index is 842. The van der Waals surface area contributed by atoms with Crippen molar-refractivity contribution in [1.29, 1.82) is 0 Å². The van der Waals surface area contributed by atoms with Crippen molar-refractivity contribution in [3.63, 3.8) is 0 Å². The van der Waals surface area contributed by atoms with Crippen molar-refractivity contribution in [2.75, 3.05) is 39.4 Å². The van der Waals surface area contributed by atoms with Crippen LogP contribution in [0.3, 0.4) is 0 Å². The molecule has 8 atom stereocenters. The van der Waals surface area contributed by atoms with Crippen LogP contribution < -0.4 is 16.0 Å². The van der Waals surface area contributed by atoms with Gasteiger partial charge >= 0.3 is 6.18 Å². The van der Waals surface area contributed by atoms with E-state index in [0.29, 0.717) is 43.1 Å². The lowest BCUT2D eigenvalue weighted by Crippen LogP contribution is -2.63. The van der Waals surface area contributed by atoms with E-state index in [1.165, 1.54) is 0 Å². The van der Waals surface area contributed by atoms with E-state index in [1.807, 2.05) is 6.08 Å². The van der Waals surface area contributed by atoms with E-state index in [0.717, 1.165) is 51.9 Å². The predicted molar refractivity (Wildman–Crippen MR) is 151 cm³/mol. The van der Waals surface area contributed by atoms with Crippen LogP contribution in [-0.2, 0) is 0 Å². The number of aliphatic hydroxyl groups is 1. The van der Waals surface area contributed by atoms with Crippen LogP contribution in [0, 0.1) is 23.2 Å². The molecular formula is C30H51F4N5O. The molecule has 0 spiro atoms. The Balaban J connectivity index is 1.26. The summed E-state index contributed by atoms with van der Waals surface area (Å²) in [6, 6.07) is -0.906. The van der Waals surface area contributed by atoms with Crippen LogP contribution in [0.2, 0.25) is 0 Å². The number of alkyl halides is 4. The van der Waals surface area contributed by atoms with Crippen LogP contribution in [0.4, 0.5) is 17.6 Å². The monoisotopic (exact) mass is 573 g/mol. The lowest BCUT2D eigenvalue weighted by Gasteiger charge is -2.54. The molecule has 0 saturated carbocycles. The zero-order valence-corrected chi connectivity index (χ0v) is 24.5. The van der Waals surface area contributed by atoms with Gasteiger partial charge in [0, 0.05) is 62.3 Å². The van der Waals surface area contributed by atoms with E-state index >= 15 is 0 Å². The molecule has 4 aliphatic rings. The van der Waals surface area contributed by atoms with Gasteiger partial charge in [0.1, 0.15) is 18.4 Å². The van der Waals surface area contributed by atoms with Crippen LogP contribution in [0.25, 0.3) is 0 Å². The number of halogens is 4. The molecule has 0 aromatic rings. The average molecular weight is 574 g/mol. The first-order valence-corrected chi connectivity index (χ1v) is 15.4. The first kappa shape index (κ1) is 31.9. The lowest BCUT2D eigenvalue weighted by molar-refractivity contribution is -0.193. The van der Waals surface area contributed by atoms with Crippen molar-refractivity contribution in [3.05, 3.63) is 24.8 Å². The van der Waals surface area contributed by atoms with Crippen molar-refractivity contribution in [3.8, 4) is 0 Å². The van der Waals surface area contributed by atoms with Gasteiger partial charge in [-0.15, -0.1) is 6.58 Å². The maximum atomic E-state index is 14.8. The highest BCUT2D eigenvalue weighted by Crippen LogP contribution is 2.40. The van der Waals surface area contributed by atoms with Crippen LogP contribution in [-0.4, -0.2) is 97.0 Å². The van der Waals surface area contributed by atoms with Gasteiger partial charge in [0.15, 0.2) is 0 Å². The van der Waals surface area contributed by atoms with E-state index in [-0.39, 0.29) is 18.4 Å². The largest absolute Gasteiger partial charge is 0.406 e. The van der Waals surface area contributed by atoms with Crippen molar-refractivity contribution in [2.45, 2.75) is 102 Å². The summed E-state index contributed by atoms with van der Waals surface area (Å²) >= 11 is 0. The summed E-state index contributed by atoms with van der Waals surface area (Å²) in [5.41, 5.74) is 0.170. The molecule has 0 amide bonds. The SMILES string of the molecule is C=CCCC1C(C)NCNC1C(C)/C=C/C1(CC)CN(C2CCN(C(O)C3CCN[C@H](C(F)(F)F)C3F)CC2)C1. The van der Waals surface area contributed by atoms with Gasteiger partial charge in [-0.3, -0.25) is 9.80 Å². The summed E-state index contributed by atoms with van der Waals surface area (Å²) in [5, 5.41) is 20.3. The molecular weight excluding hydrogens is 522 g/mol. The van der Waals surface area contributed by atoms with Gasteiger partial charge in [-0.1, -0.05) is 32.1 Å². The molecule has 6 nitrogen and oxygen atoms in total. The standard InChI is InChI=1S/C30H51F4N5O/c1-5-7-8-23-21(4)36-19-37-26(23)20(3)9-13-29(6-2)17-39(18-29)22-11-15-38(16-12-22)28(40)24-10-14-35-27(25(24)31)30(32,33)34/h5,9,13,20-28,35-37,40H,1,6-8,10-12,14-19H2,2-4H3/b13-9+/t20?,21?,23?,24?,25?,26?,27-,28?/m0/s1. The number of piperidine rings is 2. The third kappa shape index (κ3) is 7.11. The van der Waals surface area contributed by atoms with Gasteiger partial charge in [0.25, 0.3) is 0 Å². The fourth-order valence-electron chi connectivity index (χ4n) is 7.53. The highest BCUT2D eigenvalue weighted by Gasteiger charge is 2.52. The molecule has 4 rings (SSSR count). The Kier molecular flexibility index (Phi) is 10.8. The fourth-order valence-corrected chi connectivity index (χ4v) is 7.53. The minimum atomic E-state index is -4.66. The minimum absolute atomic E-state index is 0.0595. The maximum Gasteiger partial charge on any atom is 0.406 e. The molecule has 0 radical (unpaired) electrons. The van der Waals surface area contributed by atoms with Crippen LogP contribution in [0.5, 0.6) is 0 Å². The molecule has 4 heterocycles. The van der Waals surface area contributed by atoms with Gasteiger partial charge in [-0.05, 0) is 63.8 Å². The third-order valence-electron chi connectivity index (χ3n) is 10.3. The van der Waals surface area contributed by atoms with Gasteiger partial charge < -0.3 is 21.1 Å². The fraction of sp³-hybridized carbons (Fsp3) is 0.867. The number of nitrogens with one attached hydrogen (secondary N) is 3. The second-order valence-corrected chi connectivity index (χ2v) is 12.8. The number of hydrogen-bond acceptors (Lipinski definition) is 6. The number of allylic oxidation sites excluding steroid dienone is 1. The van der Waals surface area contributed by atoms with Crippen LogP contribution in [0.1, 0.15) is 59.3 Å². The summed E-state index contributed by atoms with van der Waals surface area (Å²) < 4.78 is 54.4. The Morgan fingerprint density at radius 2 is 1.82 bits per heavy atom. The van der Waals surface area contributed by atoms with E-state index < -0.39 is 30.5 Å². The Labute approximate surface area is 238 Å². The smallest absolute Gasteiger partial charge is 0.378 e. The highest BCUT2D eigenvalue weighted by atomic mass is 19.4. The number of aliphatic hydroxyl groups excluding tert-OH is 1. The summed E-state index contributed by atoms with van der Waals surface area (Å²) in [7, 11) is 0. The molecule has 0 bridgehead atoms. The molecule has 7 unspecified atom stereocenters.